The van der Waals surface area contributed by atoms with Crippen molar-refractivity contribution in [3.05, 3.63) is 29.8 Å². The second-order valence-corrected chi connectivity index (χ2v) is 4.07. The van der Waals surface area contributed by atoms with Crippen molar-refractivity contribution in [2.24, 2.45) is 0 Å². The number of amides is 1. The van der Waals surface area contributed by atoms with Crippen molar-refractivity contribution in [1.82, 2.24) is 5.32 Å². The molecule has 0 aromatic heterocycles. The maximum Gasteiger partial charge on any atom is 0.389 e. The molecule has 0 aliphatic heterocycles. The molecule has 0 spiro atoms. The Morgan fingerprint density at radius 3 is 2.67 bits per heavy atom. The molecule has 0 radical (unpaired) electrons. The lowest BCUT2D eigenvalue weighted by Crippen LogP contribution is -2.27. The van der Waals surface area contributed by atoms with Crippen LogP contribution in [0, 0.1) is 0 Å². The molecule has 1 aromatic rings. The predicted molar refractivity (Wildman–Crippen MR) is 62.7 cm³/mol. The molecule has 1 rings (SSSR count). The third-order valence-corrected chi connectivity index (χ3v) is 2.42. The van der Waals surface area contributed by atoms with Crippen molar-refractivity contribution in [3.8, 4) is 0 Å². The smallest absolute Gasteiger partial charge is 0.389 e. The number of rotatable bonds is 4. The van der Waals surface area contributed by atoms with Crippen LogP contribution in [0.3, 0.4) is 0 Å². The summed E-state index contributed by atoms with van der Waals surface area (Å²) in [6, 6.07) is 6.49. The third kappa shape index (κ3) is 5.07. The van der Waals surface area contributed by atoms with Gasteiger partial charge in [0.05, 0.1) is 12.5 Å². The molecule has 0 bridgehead atoms. The number of nitrogens with one attached hydrogen (secondary N) is 1. The number of nitrogen functional groups attached to an aromatic ring is 1. The minimum absolute atomic E-state index is 0.366. The Kier molecular flexibility index (Phi) is 4.58. The molecule has 0 saturated heterocycles. The van der Waals surface area contributed by atoms with Crippen LogP contribution >= 0.6 is 0 Å². The zero-order valence-electron chi connectivity index (χ0n) is 9.92. The summed E-state index contributed by atoms with van der Waals surface area (Å²) >= 11 is 0. The second kappa shape index (κ2) is 5.75. The van der Waals surface area contributed by atoms with Crippen molar-refractivity contribution < 1.29 is 18.0 Å². The molecule has 3 nitrogen and oxygen atoms in total. The zero-order valence-corrected chi connectivity index (χ0v) is 9.92. The van der Waals surface area contributed by atoms with Gasteiger partial charge < -0.3 is 11.1 Å². The molecule has 1 aromatic carbocycles. The third-order valence-electron chi connectivity index (χ3n) is 2.42. The highest BCUT2D eigenvalue weighted by Crippen LogP contribution is 2.21. The summed E-state index contributed by atoms with van der Waals surface area (Å²) in [6.07, 6.45) is -5.98. The van der Waals surface area contributed by atoms with Gasteiger partial charge in [-0.15, -0.1) is 0 Å². The van der Waals surface area contributed by atoms with Crippen LogP contribution in [0.4, 0.5) is 18.9 Å². The summed E-state index contributed by atoms with van der Waals surface area (Å²) < 4.78 is 35.8. The Labute approximate surface area is 103 Å². The Hall–Kier alpha value is -1.72. The first kappa shape index (κ1) is 14.3. The minimum atomic E-state index is -4.31. The molecular weight excluding hydrogens is 245 g/mol. The average molecular weight is 260 g/mol. The van der Waals surface area contributed by atoms with Crippen LogP contribution in [0.2, 0.25) is 0 Å². The van der Waals surface area contributed by atoms with Crippen molar-refractivity contribution in [2.45, 2.75) is 32.0 Å². The molecule has 18 heavy (non-hydrogen) atoms. The molecule has 100 valence electrons. The van der Waals surface area contributed by atoms with E-state index in [1.807, 2.05) is 0 Å². The summed E-state index contributed by atoms with van der Waals surface area (Å²) in [5.41, 5.74) is 6.89. The molecular formula is C12H15F3N2O. The largest absolute Gasteiger partial charge is 0.399 e. The van der Waals surface area contributed by atoms with E-state index < -0.39 is 24.9 Å². The van der Waals surface area contributed by atoms with E-state index in [9.17, 15) is 18.0 Å². The lowest BCUT2D eigenvalue weighted by Gasteiger charge is -2.15. The highest BCUT2D eigenvalue weighted by atomic mass is 19.4. The SMILES string of the molecule is CC(NC(=O)CCC(F)(F)F)c1cccc(N)c1. The van der Waals surface area contributed by atoms with E-state index in [4.69, 9.17) is 5.73 Å². The predicted octanol–water partition coefficient (Wildman–Crippen LogP) is 2.79. The van der Waals surface area contributed by atoms with Crippen LogP contribution in [-0.2, 0) is 4.79 Å². The van der Waals surface area contributed by atoms with Crippen LogP contribution in [0.1, 0.15) is 31.4 Å². The first-order valence-corrected chi connectivity index (χ1v) is 5.49. The summed E-state index contributed by atoms with van der Waals surface area (Å²) in [5, 5.41) is 2.50. The first-order chi connectivity index (χ1) is 8.28. The molecule has 1 amide bonds. The Balaban J connectivity index is 2.50. The van der Waals surface area contributed by atoms with Crippen molar-refractivity contribution >= 4 is 11.6 Å². The molecule has 6 heteroatoms. The van der Waals surface area contributed by atoms with Gasteiger partial charge in [-0.2, -0.15) is 13.2 Å². The monoisotopic (exact) mass is 260 g/mol. The standard InChI is InChI=1S/C12H15F3N2O/c1-8(9-3-2-4-10(16)7-9)17-11(18)5-6-12(13,14)15/h2-4,7-8H,5-6,16H2,1H3,(H,17,18). The lowest BCUT2D eigenvalue weighted by atomic mass is 10.1. The molecule has 3 N–H and O–H groups in total. The van der Waals surface area contributed by atoms with E-state index in [0.717, 1.165) is 5.56 Å². The lowest BCUT2D eigenvalue weighted by molar-refractivity contribution is -0.144. The molecule has 0 fully saturated rings. The van der Waals surface area contributed by atoms with Gasteiger partial charge in [0.1, 0.15) is 0 Å². The molecule has 1 atom stereocenters. The number of carbonyl (C=O) groups is 1. The fourth-order valence-corrected chi connectivity index (χ4v) is 1.48. The Bertz CT molecular complexity index is 418. The molecule has 0 aliphatic rings. The minimum Gasteiger partial charge on any atom is -0.399 e. The van der Waals surface area contributed by atoms with Crippen LogP contribution in [-0.4, -0.2) is 12.1 Å². The van der Waals surface area contributed by atoms with Gasteiger partial charge in [-0.1, -0.05) is 12.1 Å². The topological polar surface area (TPSA) is 55.1 Å². The number of alkyl halides is 3. The first-order valence-electron chi connectivity index (χ1n) is 5.49. The summed E-state index contributed by atoms with van der Waals surface area (Å²) in [6.45, 7) is 1.69. The number of benzene rings is 1. The van der Waals surface area contributed by atoms with Crippen molar-refractivity contribution in [3.63, 3.8) is 0 Å². The fraction of sp³-hybridized carbons (Fsp3) is 0.417. The maximum atomic E-state index is 11.9. The number of hydrogen-bond donors (Lipinski definition) is 2. The zero-order chi connectivity index (χ0) is 13.8. The molecule has 1 unspecified atom stereocenters. The highest BCUT2D eigenvalue weighted by Gasteiger charge is 2.28. The van der Waals surface area contributed by atoms with Gasteiger partial charge in [-0.3, -0.25) is 4.79 Å². The van der Waals surface area contributed by atoms with Crippen LogP contribution < -0.4 is 11.1 Å². The van der Waals surface area contributed by atoms with E-state index in [-0.39, 0.29) is 6.04 Å². The van der Waals surface area contributed by atoms with Gasteiger partial charge in [0, 0.05) is 12.1 Å². The number of nitrogens with two attached hydrogens (primary N) is 1. The average Bonchev–Trinajstić information content (AvgIpc) is 2.25. The summed E-state index contributed by atoms with van der Waals surface area (Å²) in [7, 11) is 0. The normalized spacial score (nSPS) is 13.1. The van der Waals surface area contributed by atoms with Gasteiger partial charge in [0.25, 0.3) is 0 Å². The summed E-state index contributed by atoms with van der Waals surface area (Å²) in [4.78, 5) is 11.3. The number of anilines is 1. The van der Waals surface area contributed by atoms with E-state index in [2.05, 4.69) is 5.32 Å². The highest BCUT2D eigenvalue weighted by molar-refractivity contribution is 5.76. The van der Waals surface area contributed by atoms with E-state index >= 15 is 0 Å². The van der Waals surface area contributed by atoms with Gasteiger partial charge in [0.15, 0.2) is 0 Å². The van der Waals surface area contributed by atoms with E-state index in [0.29, 0.717) is 5.69 Å². The van der Waals surface area contributed by atoms with E-state index in [1.165, 1.54) is 0 Å². The van der Waals surface area contributed by atoms with Gasteiger partial charge in [-0.05, 0) is 24.6 Å². The Morgan fingerprint density at radius 2 is 2.11 bits per heavy atom. The molecule has 0 aliphatic carbocycles. The number of carbonyl (C=O) groups excluding carboxylic acids is 1. The van der Waals surface area contributed by atoms with E-state index in [1.54, 1.807) is 31.2 Å². The maximum absolute atomic E-state index is 11.9. The van der Waals surface area contributed by atoms with Crippen LogP contribution in [0.25, 0.3) is 0 Å². The van der Waals surface area contributed by atoms with Crippen LogP contribution in [0.15, 0.2) is 24.3 Å². The quantitative estimate of drug-likeness (QED) is 0.818. The summed E-state index contributed by atoms with van der Waals surface area (Å²) in [5.74, 6) is -0.623. The van der Waals surface area contributed by atoms with Crippen molar-refractivity contribution in [1.29, 1.82) is 0 Å². The van der Waals surface area contributed by atoms with Gasteiger partial charge in [0.2, 0.25) is 5.91 Å². The molecule has 0 saturated carbocycles. The van der Waals surface area contributed by atoms with Crippen LogP contribution in [0.5, 0.6) is 0 Å². The number of hydrogen-bond acceptors (Lipinski definition) is 2. The second-order valence-electron chi connectivity index (χ2n) is 4.07. The fourth-order valence-electron chi connectivity index (χ4n) is 1.48. The Morgan fingerprint density at radius 1 is 1.44 bits per heavy atom. The van der Waals surface area contributed by atoms with Gasteiger partial charge >= 0.3 is 6.18 Å². The van der Waals surface area contributed by atoms with Crippen molar-refractivity contribution in [2.75, 3.05) is 5.73 Å². The number of halogens is 3. The van der Waals surface area contributed by atoms with Gasteiger partial charge in [-0.25, -0.2) is 0 Å². The molecule has 0 heterocycles.